The molecule has 5 aromatic rings. The average Bonchev–Trinajstić information content (AvgIpc) is 3.44. The van der Waals surface area contributed by atoms with Crippen LogP contribution in [0.1, 0.15) is 34.0 Å². The smallest absolute Gasteiger partial charge is 0.280 e. The second-order valence-corrected chi connectivity index (χ2v) is 12.5. The molecule has 0 aliphatic heterocycles. The number of aromatic nitrogens is 1. The molecule has 0 atom stereocenters. The van der Waals surface area contributed by atoms with Crippen molar-refractivity contribution >= 4 is 48.8 Å². The van der Waals surface area contributed by atoms with Gasteiger partial charge in [0.1, 0.15) is 5.75 Å². The van der Waals surface area contributed by atoms with Gasteiger partial charge in [0.25, 0.3) is 5.91 Å². The van der Waals surface area contributed by atoms with E-state index in [1.165, 1.54) is 44.9 Å². The number of carbonyl (C=O) groups excluding carboxylic acids is 1. The SMILES string of the molecule is CCN(Cc1ccccc1)S(=O)(=O)c1ccc(C(=O)N(/N=C/c2ccc(C)cc2)c2nc3ccc(OC)cc3s2)cc1. The van der Waals surface area contributed by atoms with E-state index >= 15 is 0 Å². The summed E-state index contributed by atoms with van der Waals surface area (Å²) in [5.41, 5.74) is 3.81. The molecule has 0 saturated heterocycles. The summed E-state index contributed by atoms with van der Waals surface area (Å²) in [6.07, 6.45) is 1.60. The molecule has 0 saturated carbocycles. The van der Waals surface area contributed by atoms with Gasteiger partial charge in [-0.25, -0.2) is 13.4 Å². The third kappa shape index (κ3) is 6.41. The Hall–Kier alpha value is -4.38. The van der Waals surface area contributed by atoms with E-state index < -0.39 is 15.9 Å². The van der Waals surface area contributed by atoms with Gasteiger partial charge in [-0.05, 0) is 60.5 Å². The van der Waals surface area contributed by atoms with E-state index in [0.29, 0.717) is 22.9 Å². The lowest BCUT2D eigenvalue weighted by molar-refractivity contribution is 0.0987. The van der Waals surface area contributed by atoms with Crippen LogP contribution >= 0.6 is 11.3 Å². The first-order valence-corrected chi connectivity index (χ1v) is 15.6. The van der Waals surface area contributed by atoms with Crippen molar-refractivity contribution in [2.24, 2.45) is 5.10 Å². The predicted molar refractivity (Wildman–Crippen MR) is 168 cm³/mol. The van der Waals surface area contributed by atoms with Crippen molar-refractivity contribution in [3.8, 4) is 5.75 Å². The van der Waals surface area contributed by atoms with Crippen LogP contribution in [0.3, 0.4) is 0 Å². The Morgan fingerprint density at radius 2 is 1.69 bits per heavy atom. The number of nitrogens with zero attached hydrogens (tertiary/aromatic N) is 4. The Morgan fingerprint density at radius 3 is 2.36 bits per heavy atom. The van der Waals surface area contributed by atoms with Gasteiger partial charge in [0.15, 0.2) is 0 Å². The van der Waals surface area contributed by atoms with Crippen molar-refractivity contribution in [1.29, 1.82) is 0 Å². The van der Waals surface area contributed by atoms with Crippen molar-refractivity contribution < 1.29 is 17.9 Å². The number of fused-ring (bicyclic) bond motifs is 1. The van der Waals surface area contributed by atoms with Gasteiger partial charge >= 0.3 is 0 Å². The number of methoxy groups -OCH3 is 1. The Balaban J connectivity index is 1.46. The van der Waals surface area contributed by atoms with Gasteiger partial charge < -0.3 is 4.74 Å². The lowest BCUT2D eigenvalue weighted by Gasteiger charge is -2.21. The first-order chi connectivity index (χ1) is 20.3. The van der Waals surface area contributed by atoms with Crippen molar-refractivity contribution in [2.45, 2.75) is 25.3 Å². The minimum absolute atomic E-state index is 0.110. The van der Waals surface area contributed by atoms with E-state index in [1.807, 2.05) is 79.7 Å². The summed E-state index contributed by atoms with van der Waals surface area (Å²) in [4.78, 5) is 18.6. The number of hydrogen-bond acceptors (Lipinski definition) is 7. The van der Waals surface area contributed by atoms with Crippen LogP contribution in [0.5, 0.6) is 5.75 Å². The molecule has 1 aromatic heterocycles. The number of rotatable bonds is 10. The van der Waals surface area contributed by atoms with Crippen molar-refractivity contribution in [2.75, 3.05) is 18.7 Å². The highest BCUT2D eigenvalue weighted by atomic mass is 32.2. The summed E-state index contributed by atoms with van der Waals surface area (Å²) in [6, 6.07) is 28.6. The number of aryl methyl sites for hydroxylation is 1. The fraction of sp³-hybridized carbons (Fsp3) is 0.156. The van der Waals surface area contributed by atoms with Crippen molar-refractivity contribution in [3.05, 3.63) is 119 Å². The predicted octanol–water partition coefficient (Wildman–Crippen LogP) is 6.51. The Labute approximate surface area is 249 Å². The normalized spacial score (nSPS) is 11.8. The van der Waals surface area contributed by atoms with Gasteiger partial charge in [-0.2, -0.15) is 14.4 Å². The minimum atomic E-state index is -3.78. The molecular formula is C32H30N4O4S2. The number of amides is 1. The molecule has 0 bridgehead atoms. The van der Waals surface area contributed by atoms with Crippen LogP contribution in [-0.4, -0.2) is 43.5 Å². The molecule has 4 aromatic carbocycles. The van der Waals surface area contributed by atoms with Crippen LogP contribution in [0.15, 0.2) is 107 Å². The number of ether oxygens (including phenoxy) is 1. The Kier molecular flexibility index (Phi) is 8.77. The highest BCUT2D eigenvalue weighted by Gasteiger charge is 2.25. The lowest BCUT2D eigenvalue weighted by Crippen LogP contribution is -2.30. The van der Waals surface area contributed by atoms with E-state index in [1.54, 1.807) is 20.2 Å². The quantitative estimate of drug-likeness (QED) is 0.135. The van der Waals surface area contributed by atoms with Crippen LogP contribution in [0.4, 0.5) is 5.13 Å². The first kappa shape index (κ1) is 29.1. The molecule has 0 aliphatic rings. The molecule has 0 N–H and O–H groups in total. The van der Waals surface area contributed by atoms with Crippen molar-refractivity contribution in [1.82, 2.24) is 9.29 Å². The maximum Gasteiger partial charge on any atom is 0.280 e. The van der Waals surface area contributed by atoms with Crippen LogP contribution in [0.25, 0.3) is 10.2 Å². The summed E-state index contributed by atoms with van der Waals surface area (Å²) in [5.74, 6) is 0.244. The summed E-state index contributed by atoms with van der Waals surface area (Å²) < 4.78 is 34.4. The Morgan fingerprint density at radius 1 is 0.976 bits per heavy atom. The zero-order valence-electron chi connectivity index (χ0n) is 23.5. The molecule has 0 fully saturated rings. The molecule has 0 spiro atoms. The number of hydrazone groups is 1. The highest BCUT2D eigenvalue weighted by Crippen LogP contribution is 2.32. The highest BCUT2D eigenvalue weighted by molar-refractivity contribution is 7.89. The zero-order chi connectivity index (χ0) is 29.7. The standard InChI is InChI=1S/C32H30N4O4S2/c1-4-35(22-25-8-6-5-7-9-25)42(38,39)28-17-14-26(15-18-28)31(37)36(33-21-24-12-10-23(2)11-13-24)32-34-29-19-16-27(40-3)20-30(29)41-32/h5-21H,4,22H2,1-3H3/b33-21+. The second kappa shape index (κ2) is 12.6. The maximum absolute atomic E-state index is 13.8. The summed E-state index contributed by atoms with van der Waals surface area (Å²) in [6.45, 7) is 4.36. The van der Waals surface area contributed by atoms with E-state index in [-0.39, 0.29) is 17.0 Å². The van der Waals surface area contributed by atoms with E-state index in [4.69, 9.17) is 4.74 Å². The first-order valence-electron chi connectivity index (χ1n) is 13.3. The number of hydrogen-bond donors (Lipinski definition) is 0. The van der Waals surface area contributed by atoms with Gasteiger partial charge in [0, 0.05) is 18.7 Å². The topological polar surface area (TPSA) is 92.2 Å². The van der Waals surface area contributed by atoms with Gasteiger partial charge in [-0.15, -0.1) is 0 Å². The molecule has 42 heavy (non-hydrogen) atoms. The van der Waals surface area contributed by atoms with E-state index in [0.717, 1.165) is 21.4 Å². The third-order valence-corrected chi connectivity index (χ3v) is 9.58. The monoisotopic (exact) mass is 598 g/mol. The van der Waals surface area contributed by atoms with Gasteiger partial charge in [0.2, 0.25) is 15.2 Å². The number of sulfonamides is 1. The number of benzene rings is 4. The molecule has 1 amide bonds. The minimum Gasteiger partial charge on any atom is -0.497 e. The fourth-order valence-corrected chi connectivity index (χ4v) is 6.66. The molecular weight excluding hydrogens is 569 g/mol. The average molecular weight is 599 g/mol. The van der Waals surface area contributed by atoms with Crippen LogP contribution in [0, 0.1) is 6.92 Å². The third-order valence-electron chi connectivity index (χ3n) is 6.65. The largest absolute Gasteiger partial charge is 0.497 e. The van der Waals surface area contributed by atoms with Gasteiger partial charge in [-0.1, -0.05) is 78.4 Å². The van der Waals surface area contributed by atoms with Crippen molar-refractivity contribution in [3.63, 3.8) is 0 Å². The summed E-state index contributed by atoms with van der Waals surface area (Å²) >= 11 is 1.31. The maximum atomic E-state index is 13.8. The van der Waals surface area contributed by atoms with Gasteiger partial charge in [-0.3, -0.25) is 4.79 Å². The summed E-state index contributed by atoms with van der Waals surface area (Å²) in [5, 5.41) is 6.14. The molecule has 8 nitrogen and oxygen atoms in total. The number of thiazole rings is 1. The number of carbonyl (C=O) groups is 1. The molecule has 0 unspecified atom stereocenters. The fourth-order valence-electron chi connectivity index (χ4n) is 4.27. The molecule has 0 aliphatic carbocycles. The van der Waals surface area contributed by atoms with E-state index in [9.17, 15) is 13.2 Å². The van der Waals surface area contributed by atoms with Crippen LogP contribution < -0.4 is 9.75 Å². The zero-order valence-corrected chi connectivity index (χ0v) is 25.1. The molecule has 214 valence electrons. The van der Waals surface area contributed by atoms with Gasteiger partial charge in [0.05, 0.1) is 28.4 Å². The second-order valence-electron chi connectivity index (χ2n) is 9.54. The molecule has 5 rings (SSSR count). The van der Waals surface area contributed by atoms with Crippen LogP contribution in [-0.2, 0) is 16.6 Å². The molecule has 1 heterocycles. The summed E-state index contributed by atoms with van der Waals surface area (Å²) in [7, 11) is -2.19. The van der Waals surface area contributed by atoms with E-state index in [2.05, 4.69) is 10.1 Å². The number of anilines is 1. The van der Waals surface area contributed by atoms with Crippen LogP contribution in [0.2, 0.25) is 0 Å². The lowest BCUT2D eigenvalue weighted by atomic mass is 10.2. The Bertz CT molecular complexity index is 1820. The molecule has 0 radical (unpaired) electrons. The molecule has 10 heteroatoms.